The average Bonchev–Trinajstić information content (AvgIpc) is 3.35. The standard InChI is InChI=1S/C14H14N8O/c1-2-16-11(15-1)9(12-17-3-4-18-12)23-10(13-19-5-6-20-13)14-21-7-8-22-14/h1-10H,(H,15,16)(H,17,18)(H,19,20)(H,21,22). The van der Waals surface area contributed by atoms with Gasteiger partial charge < -0.3 is 24.7 Å². The molecule has 0 amide bonds. The lowest BCUT2D eigenvalue weighted by atomic mass is 10.2. The Hall–Kier alpha value is -3.20. The van der Waals surface area contributed by atoms with Crippen LogP contribution in [0.3, 0.4) is 0 Å². The second kappa shape index (κ2) is 5.89. The first-order valence-corrected chi connectivity index (χ1v) is 7.04. The van der Waals surface area contributed by atoms with Crippen LogP contribution in [0.2, 0.25) is 0 Å². The zero-order chi connectivity index (χ0) is 15.5. The molecule has 0 atom stereocenters. The molecular formula is C14H14N8O. The van der Waals surface area contributed by atoms with E-state index in [-0.39, 0.29) is 0 Å². The molecule has 9 heteroatoms. The van der Waals surface area contributed by atoms with Crippen LogP contribution in [0.5, 0.6) is 0 Å². The van der Waals surface area contributed by atoms with Crippen LogP contribution in [0.1, 0.15) is 35.5 Å². The molecule has 0 saturated carbocycles. The van der Waals surface area contributed by atoms with Crippen molar-refractivity contribution in [2.45, 2.75) is 12.2 Å². The summed E-state index contributed by atoms with van der Waals surface area (Å²) in [4.78, 5) is 29.4. The topological polar surface area (TPSA) is 124 Å². The van der Waals surface area contributed by atoms with Gasteiger partial charge in [-0.1, -0.05) is 0 Å². The van der Waals surface area contributed by atoms with Gasteiger partial charge in [0.05, 0.1) is 0 Å². The van der Waals surface area contributed by atoms with Gasteiger partial charge in [0, 0.05) is 49.6 Å². The number of hydrogen-bond acceptors (Lipinski definition) is 5. The van der Waals surface area contributed by atoms with E-state index in [1.165, 1.54) is 0 Å². The maximum atomic E-state index is 6.25. The quantitative estimate of drug-likeness (QED) is 0.429. The van der Waals surface area contributed by atoms with E-state index in [0.29, 0.717) is 23.3 Å². The number of imidazole rings is 4. The maximum Gasteiger partial charge on any atom is 0.174 e. The van der Waals surface area contributed by atoms with Gasteiger partial charge in [0.25, 0.3) is 0 Å². The first-order chi connectivity index (χ1) is 11.4. The van der Waals surface area contributed by atoms with Crippen molar-refractivity contribution >= 4 is 0 Å². The number of H-pyrrole nitrogens is 4. The predicted molar refractivity (Wildman–Crippen MR) is 79.1 cm³/mol. The van der Waals surface area contributed by atoms with Crippen molar-refractivity contribution in [3.63, 3.8) is 0 Å². The molecule has 4 aromatic heterocycles. The highest BCUT2D eigenvalue weighted by Crippen LogP contribution is 2.30. The van der Waals surface area contributed by atoms with E-state index in [1.54, 1.807) is 49.6 Å². The van der Waals surface area contributed by atoms with Crippen LogP contribution < -0.4 is 0 Å². The fourth-order valence-electron chi connectivity index (χ4n) is 2.34. The number of aromatic amines is 4. The Morgan fingerprint density at radius 2 is 0.870 bits per heavy atom. The van der Waals surface area contributed by atoms with Crippen LogP contribution in [0.15, 0.2) is 49.6 Å². The number of nitrogens with one attached hydrogen (secondary N) is 4. The number of hydrogen-bond donors (Lipinski definition) is 4. The summed E-state index contributed by atoms with van der Waals surface area (Å²) >= 11 is 0. The number of ether oxygens (including phenoxy) is 1. The smallest absolute Gasteiger partial charge is 0.174 e. The molecule has 0 aliphatic carbocycles. The molecule has 4 heterocycles. The van der Waals surface area contributed by atoms with Gasteiger partial charge in [-0.2, -0.15) is 0 Å². The predicted octanol–water partition coefficient (Wildman–Crippen LogP) is 1.47. The molecule has 4 aromatic rings. The molecule has 0 saturated heterocycles. The van der Waals surface area contributed by atoms with Crippen LogP contribution in [-0.2, 0) is 4.74 Å². The van der Waals surface area contributed by atoms with Crippen LogP contribution in [0.4, 0.5) is 0 Å². The lowest BCUT2D eigenvalue weighted by Crippen LogP contribution is -2.17. The monoisotopic (exact) mass is 310 g/mol. The lowest BCUT2D eigenvalue weighted by Gasteiger charge is -2.20. The van der Waals surface area contributed by atoms with Gasteiger partial charge in [-0.25, -0.2) is 19.9 Å². The minimum absolute atomic E-state index is 0.514. The zero-order valence-corrected chi connectivity index (χ0v) is 12.0. The normalized spacial score (nSPS) is 11.6. The molecule has 0 aliphatic heterocycles. The zero-order valence-electron chi connectivity index (χ0n) is 12.0. The summed E-state index contributed by atoms with van der Waals surface area (Å²) in [7, 11) is 0. The first-order valence-electron chi connectivity index (χ1n) is 7.04. The second-order valence-corrected chi connectivity index (χ2v) is 4.79. The van der Waals surface area contributed by atoms with Crippen LogP contribution in [-0.4, -0.2) is 39.9 Å². The summed E-state index contributed by atoms with van der Waals surface area (Å²) in [5, 5.41) is 0. The van der Waals surface area contributed by atoms with Crippen molar-refractivity contribution in [3.8, 4) is 0 Å². The molecule has 0 aromatic carbocycles. The van der Waals surface area contributed by atoms with Crippen LogP contribution in [0, 0.1) is 0 Å². The van der Waals surface area contributed by atoms with E-state index in [4.69, 9.17) is 4.74 Å². The molecule has 0 spiro atoms. The second-order valence-electron chi connectivity index (χ2n) is 4.79. The number of aromatic nitrogens is 8. The highest BCUT2D eigenvalue weighted by atomic mass is 16.5. The highest BCUT2D eigenvalue weighted by Gasteiger charge is 2.29. The van der Waals surface area contributed by atoms with Gasteiger partial charge in [0.1, 0.15) is 23.3 Å². The van der Waals surface area contributed by atoms with Gasteiger partial charge in [-0.3, -0.25) is 0 Å². The number of rotatable bonds is 6. The summed E-state index contributed by atoms with van der Waals surface area (Å²) in [6.45, 7) is 0. The third-order valence-electron chi connectivity index (χ3n) is 3.34. The summed E-state index contributed by atoms with van der Waals surface area (Å²) in [5.41, 5.74) is 0. The van der Waals surface area contributed by atoms with Crippen molar-refractivity contribution in [2.75, 3.05) is 0 Å². The van der Waals surface area contributed by atoms with Crippen molar-refractivity contribution in [3.05, 3.63) is 72.9 Å². The summed E-state index contributed by atoms with van der Waals surface area (Å²) in [6.07, 6.45) is 12.6. The Kier molecular flexibility index (Phi) is 3.45. The first kappa shape index (κ1) is 13.5. The van der Waals surface area contributed by atoms with Crippen LogP contribution in [0.25, 0.3) is 0 Å². The molecule has 0 unspecified atom stereocenters. The van der Waals surface area contributed by atoms with Gasteiger partial charge in [-0.15, -0.1) is 0 Å². The van der Waals surface area contributed by atoms with Gasteiger partial charge in [0.2, 0.25) is 0 Å². The molecule has 4 rings (SSSR count). The molecule has 4 N–H and O–H groups in total. The van der Waals surface area contributed by atoms with E-state index >= 15 is 0 Å². The minimum atomic E-state index is -0.514. The van der Waals surface area contributed by atoms with Crippen molar-refractivity contribution in [1.82, 2.24) is 39.9 Å². The molecule has 0 radical (unpaired) electrons. The minimum Gasteiger partial charge on any atom is -0.346 e. The Bertz CT molecular complexity index is 666. The fraction of sp³-hybridized carbons (Fsp3) is 0.143. The van der Waals surface area contributed by atoms with Crippen molar-refractivity contribution < 1.29 is 4.74 Å². The number of nitrogens with zero attached hydrogens (tertiary/aromatic N) is 4. The van der Waals surface area contributed by atoms with E-state index in [9.17, 15) is 0 Å². The Morgan fingerprint density at radius 1 is 0.565 bits per heavy atom. The van der Waals surface area contributed by atoms with E-state index in [2.05, 4.69) is 39.9 Å². The molecule has 116 valence electrons. The third-order valence-corrected chi connectivity index (χ3v) is 3.34. The highest BCUT2D eigenvalue weighted by molar-refractivity contribution is 5.12. The van der Waals surface area contributed by atoms with E-state index in [1.807, 2.05) is 0 Å². The van der Waals surface area contributed by atoms with Gasteiger partial charge in [0.15, 0.2) is 12.2 Å². The van der Waals surface area contributed by atoms with E-state index in [0.717, 1.165) is 0 Å². The molecule has 0 aliphatic rings. The molecule has 9 nitrogen and oxygen atoms in total. The average molecular weight is 310 g/mol. The van der Waals surface area contributed by atoms with Crippen LogP contribution >= 0.6 is 0 Å². The Morgan fingerprint density at radius 3 is 1.09 bits per heavy atom. The molecule has 0 bridgehead atoms. The third kappa shape index (κ3) is 2.64. The molecular weight excluding hydrogens is 296 g/mol. The van der Waals surface area contributed by atoms with Crippen molar-refractivity contribution in [2.24, 2.45) is 0 Å². The molecule has 23 heavy (non-hydrogen) atoms. The Labute approximate surface area is 130 Å². The molecule has 0 fully saturated rings. The maximum absolute atomic E-state index is 6.25. The largest absolute Gasteiger partial charge is 0.346 e. The summed E-state index contributed by atoms with van der Waals surface area (Å²) in [6, 6.07) is 0. The lowest BCUT2D eigenvalue weighted by molar-refractivity contribution is 0.0134. The van der Waals surface area contributed by atoms with Gasteiger partial charge >= 0.3 is 0 Å². The van der Waals surface area contributed by atoms with Gasteiger partial charge in [-0.05, 0) is 0 Å². The van der Waals surface area contributed by atoms with E-state index < -0.39 is 12.2 Å². The summed E-state index contributed by atoms with van der Waals surface area (Å²) in [5.74, 6) is 2.57. The SMILES string of the molecule is c1c[nH]c(C(OC(c2ncc[nH]2)c2ncc[nH]2)c2ncc[nH]2)n1. The Balaban J connectivity index is 1.71. The van der Waals surface area contributed by atoms with Crippen molar-refractivity contribution in [1.29, 1.82) is 0 Å². The fourth-order valence-corrected chi connectivity index (χ4v) is 2.34. The summed E-state index contributed by atoms with van der Waals surface area (Å²) < 4.78 is 6.25.